The Labute approximate surface area is 196 Å². The minimum atomic E-state index is -3.55. The molecule has 5 rings (SSSR count). The Morgan fingerprint density at radius 3 is 2.06 bits per heavy atom. The van der Waals surface area contributed by atoms with Crippen LogP contribution in [0.15, 0.2) is 89.8 Å². The second-order valence-electron chi connectivity index (χ2n) is 8.95. The quantitative estimate of drug-likeness (QED) is 0.623. The number of fused-ring (bicyclic) bond motifs is 1. The molecule has 2 aliphatic heterocycles. The molecule has 3 atom stereocenters. The monoisotopic (exact) mass is 462 g/mol. The SMILES string of the molecule is O=S(=O)(c1ccccc1)N1CCCCN2[C@H](CO)[C@H](c3ccc(-c4ccccc4)cc3)[C@@H]2C1. The molecule has 33 heavy (non-hydrogen) atoms. The van der Waals surface area contributed by atoms with Gasteiger partial charge >= 0.3 is 0 Å². The summed E-state index contributed by atoms with van der Waals surface area (Å²) in [5.41, 5.74) is 3.48. The zero-order chi connectivity index (χ0) is 22.8. The Bertz CT molecular complexity index is 1170. The number of aliphatic hydroxyl groups is 1. The van der Waals surface area contributed by atoms with Crippen molar-refractivity contribution in [1.29, 1.82) is 0 Å². The Kier molecular flexibility index (Phi) is 6.34. The van der Waals surface area contributed by atoms with Gasteiger partial charge in [-0.15, -0.1) is 0 Å². The van der Waals surface area contributed by atoms with E-state index >= 15 is 0 Å². The smallest absolute Gasteiger partial charge is 0.243 e. The Hall–Kier alpha value is -2.51. The fraction of sp³-hybridized carbons (Fsp3) is 0.333. The molecule has 0 radical (unpaired) electrons. The van der Waals surface area contributed by atoms with Crippen molar-refractivity contribution in [3.63, 3.8) is 0 Å². The standard InChI is InChI=1S/C27H30N2O3S/c30-20-26-27(23-15-13-22(14-16-23)21-9-3-1-4-10-21)25-19-28(17-7-8-18-29(25)26)33(31,32)24-11-5-2-6-12-24/h1-6,9-16,25-27,30H,7-8,17-20H2/t25-,26+,27+/m0/s1. The molecule has 3 aromatic carbocycles. The van der Waals surface area contributed by atoms with E-state index in [1.807, 2.05) is 24.3 Å². The lowest BCUT2D eigenvalue weighted by atomic mass is 9.74. The van der Waals surface area contributed by atoms with E-state index in [4.69, 9.17) is 0 Å². The lowest BCUT2D eigenvalue weighted by Gasteiger charge is -2.57. The van der Waals surface area contributed by atoms with Crippen LogP contribution in [0.4, 0.5) is 0 Å². The molecule has 172 valence electrons. The van der Waals surface area contributed by atoms with Crippen molar-refractivity contribution in [2.24, 2.45) is 0 Å². The van der Waals surface area contributed by atoms with Crippen molar-refractivity contribution in [2.45, 2.75) is 35.7 Å². The number of benzene rings is 3. The van der Waals surface area contributed by atoms with Gasteiger partial charge in [-0.1, -0.05) is 72.8 Å². The largest absolute Gasteiger partial charge is 0.395 e. The average molecular weight is 463 g/mol. The van der Waals surface area contributed by atoms with Gasteiger partial charge in [0.25, 0.3) is 0 Å². The summed E-state index contributed by atoms with van der Waals surface area (Å²) in [4.78, 5) is 2.65. The predicted molar refractivity (Wildman–Crippen MR) is 130 cm³/mol. The molecule has 0 aromatic heterocycles. The van der Waals surface area contributed by atoms with E-state index in [1.54, 1.807) is 28.6 Å². The lowest BCUT2D eigenvalue weighted by Crippen LogP contribution is -2.67. The van der Waals surface area contributed by atoms with Crippen LogP contribution in [0.5, 0.6) is 0 Å². The summed E-state index contributed by atoms with van der Waals surface area (Å²) in [5, 5.41) is 10.2. The molecule has 0 bridgehead atoms. The first kappa shape index (κ1) is 22.3. The molecule has 5 nitrogen and oxygen atoms in total. The van der Waals surface area contributed by atoms with Crippen molar-refractivity contribution in [3.8, 4) is 11.1 Å². The van der Waals surface area contributed by atoms with Crippen molar-refractivity contribution in [3.05, 3.63) is 90.5 Å². The van der Waals surface area contributed by atoms with Gasteiger partial charge in [-0.3, -0.25) is 4.90 Å². The molecule has 2 saturated heterocycles. The molecule has 0 amide bonds. The summed E-state index contributed by atoms with van der Waals surface area (Å²) in [7, 11) is -3.55. The van der Waals surface area contributed by atoms with Gasteiger partial charge in [0.15, 0.2) is 0 Å². The van der Waals surface area contributed by atoms with E-state index in [1.165, 1.54) is 5.56 Å². The molecule has 0 unspecified atom stereocenters. The van der Waals surface area contributed by atoms with Crippen molar-refractivity contribution < 1.29 is 13.5 Å². The van der Waals surface area contributed by atoms with Gasteiger partial charge < -0.3 is 5.11 Å². The van der Waals surface area contributed by atoms with Gasteiger partial charge in [0.1, 0.15) is 0 Å². The molecular formula is C27H30N2O3S. The van der Waals surface area contributed by atoms with Gasteiger partial charge in [0, 0.05) is 31.1 Å². The van der Waals surface area contributed by atoms with Crippen LogP contribution in [-0.2, 0) is 10.0 Å². The van der Waals surface area contributed by atoms with Crippen LogP contribution in [-0.4, -0.2) is 61.1 Å². The van der Waals surface area contributed by atoms with E-state index in [0.29, 0.717) is 18.0 Å². The molecule has 2 heterocycles. The topological polar surface area (TPSA) is 60.9 Å². The first-order valence-electron chi connectivity index (χ1n) is 11.7. The maximum absolute atomic E-state index is 13.4. The van der Waals surface area contributed by atoms with Gasteiger partial charge in [-0.25, -0.2) is 8.42 Å². The zero-order valence-corrected chi connectivity index (χ0v) is 19.4. The predicted octanol–water partition coefficient (Wildman–Crippen LogP) is 3.97. The van der Waals surface area contributed by atoms with Gasteiger partial charge in [0.05, 0.1) is 11.5 Å². The van der Waals surface area contributed by atoms with E-state index < -0.39 is 10.0 Å². The van der Waals surface area contributed by atoms with Crippen molar-refractivity contribution in [1.82, 2.24) is 9.21 Å². The van der Waals surface area contributed by atoms with E-state index in [9.17, 15) is 13.5 Å². The summed E-state index contributed by atoms with van der Waals surface area (Å²) in [6.45, 7) is 1.95. The normalized spacial score (nSPS) is 24.3. The van der Waals surface area contributed by atoms with Crippen molar-refractivity contribution in [2.75, 3.05) is 26.2 Å². The maximum atomic E-state index is 13.4. The molecule has 0 saturated carbocycles. The molecule has 3 aromatic rings. The summed E-state index contributed by atoms with van der Waals surface area (Å²) >= 11 is 0. The Balaban J connectivity index is 1.42. The summed E-state index contributed by atoms with van der Waals surface area (Å²) in [5.74, 6) is 0.103. The third-order valence-electron chi connectivity index (χ3n) is 7.12. The Morgan fingerprint density at radius 2 is 1.39 bits per heavy atom. The number of aliphatic hydroxyl groups excluding tert-OH is 1. The zero-order valence-electron chi connectivity index (χ0n) is 18.6. The Morgan fingerprint density at radius 1 is 0.788 bits per heavy atom. The van der Waals surface area contributed by atoms with Crippen LogP contribution in [0, 0.1) is 0 Å². The second kappa shape index (κ2) is 9.39. The van der Waals surface area contributed by atoms with Gasteiger partial charge in [0.2, 0.25) is 10.0 Å². The number of hydrogen-bond donors (Lipinski definition) is 1. The van der Waals surface area contributed by atoms with Crippen LogP contribution in [0.2, 0.25) is 0 Å². The van der Waals surface area contributed by atoms with Crippen LogP contribution in [0.25, 0.3) is 11.1 Å². The van der Waals surface area contributed by atoms with E-state index in [2.05, 4.69) is 41.3 Å². The second-order valence-corrected chi connectivity index (χ2v) is 10.9. The molecule has 0 spiro atoms. The average Bonchev–Trinajstić information content (AvgIpc) is 2.84. The summed E-state index contributed by atoms with van der Waals surface area (Å²) < 4.78 is 28.4. The highest BCUT2D eigenvalue weighted by atomic mass is 32.2. The third-order valence-corrected chi connectivity index (χ3v) is 9.00. The maximum Gasteiger partial charge on any atom is 0.243 e. The minimum absolute atomic E-state index is 0.0250. The molecule has 6 heteroatoms. The number of hydrogen-bond acceptors (Lipinski definition) is 4. The fourth-order valence-electron chi connectivity index (χ4n) is 5.40. The molecule has 0 aliphatic carbocycles. The number of rotatable bonds is 5. The van der Waals surface area contributed by atoms with E-state index in [-0.39, 0.29) is 24.6 Å². The summed E-state index contributed by atoms with van der Waals surface area (Å²) in [6, 6.07) is 27.6. The molecule has 1 N–H and O–H groups in total. The van der Waals surface area contributed by atoms with Crippen LogP contribution in [0.3, 0.4) is 0 Å². The van der Waals surface area contributed by atoms with Crippen LogP contribution in [0.1, 0.15) is 24.3 Å². The lowest BCUT2D eigenvalue weighted by molar-refractivity contribution is -0.0553. The fourth-order valence-corrected chi connectivity index (χ4v) is 6.91. The van der Waals surface area contributed by atoms with E-state index in [0.717, 1.165) is 30.5 Å². The van der Waals surface area contributed by atoms with Crippen LogP contribution >= 0.6 is 0 Å². The first-order valence-corrected chi connectivity index (χ1v) is 13.1. The highest BCUT2D eigenvalue weighted by Crippen LogP contribution is 2.43. The molecule has 2 fully saturated rings. The highest BCUT2D eigenvalue weighted by molar-refractivity contribution is 7.89. The molecular weight excluding hydrogens is 432 g/mol. The van der Waals surface area contributed by atoms with Gasteiger partial charge in [-0.05, 0) is 48.2 Å². The highest BCUT2D eigenvalue weighted by Gasteiger charge is 2.50. The first-order chi connectivity index (χ1) is 16.1. The number of nitrogens with zero attached hydrogens (tertiary/aromatic N) is 2. The van der Waals surface area contributed by atoms with Gasteiger partial charge in [-0.2, -0.15) is 4.31 Å². The minimum Gasteiger partial charge on any atom is -0.395 e. The van der Waals surface area contributed by atoms with Crippen molar-refractivity contribution >= 4 is 10.0 Å². The molecule has 2 aliphatic rings. The number of sulfonamides is 1. The van der Waals surface area contributed by atoms with Crippen LogP contribution < -0.4 is 0 Å². The third kappa shape index (κ3) is 4.24. The summed E-state index contributed by atoms with van der Waals surface area (Å²) in [6.07, 6.45) is 1.75.